The molecule has 36 heavy (non-hydrogen) atoms. The van der Waals surface area contributed by atoms with E-state index in [2.05, 4.69) is 15.9 Å². The standard InChI is InChI=1S/C27H23BrClNO4S2/c1-3-32-21-11-9-20(10-12-21)30-26(31)24(36-27(30)35)15-18-13-22(28)25(23(14-18)33-4-2)34-16-17-5-7-19(29)8-6-17/h5-15H,3-4,16H2,1-2H3. The highest BCUT2D eigenvalue weighted by molar-refractivity contribution is 9.10. The number of anilines is 1. The average molecular weight is 605 g/mol. The smallest absolute Gasteiger partial charge is 0.270 e. The monoisotopic (exact) mass is 603 g/mol. The lowest BCUT2D eigenvalue weighted by Crippen LogP contribution is -2.27. The van der Waals surface area contributed by atoms with Gasteiger partial charge >= 0.3 is 0 Å². The molecule has 1 fully saturated rings. The van der Waals surface area contributed by atoms with Crippen LogP contribution in [0.25, 0.3) is 6.08 Å². The molecule has 0 atom stereocenters. The number of ether oxygens (including phenoxy) is 3. The third-order valence-corrected chi connectivity index (χ3v) is 7.27. The fourth-order valence-corrected chi connectivity index (χ4v) is 5.51. The average Bonchev–Trinajstić information content (AvgIpc) is 3.13. The maximum absolute atomic E-state index is 13.2. The molecule has 0 N–H and O–H groups in total. The summed E-state index contributed by atoms with van der Waals surface area (Å²) in [5.41, 5.74) is 2.47. The SMILES string of the molecule is CCOc1ccc(N2C(=O)C(=Cc3cc(Br)c(OCc4ccc(Cl)cc4)c(OCC)c3)SC2=S)cc1. The Bertz CT molecular complexity index is 1300. The third kappa shape index (κ3) is 6.24. The molecule has 3 aromatic rings. The molecule has 5 nitrogen and oxygen atoms in total. The Morgan fingerprint density at radius 2 is 1.69 bits per heavy atom. The van der Waals surface area contributed by atoms with E-state index in [4.69, 9.17) is 38.0 Å². The van der Waals surface area contributed by atoms with E-state index in [1.54, 1.807) is 0 Å². The maximum atomic E-state index is 13.2. The summed E-state index contributed by atoms with van der Waals surface area (Å²) < 4.78 is 18.6. The summed E-state index contributed by atoms with van der Waals surface area (Å²) in [6.07, 6.45) is 1.81. The summed E-state index contributed by atoms with van der Waals surface area (Å²) in [5.74, 6) is 1.74. The first-order valence-electron chi connectivity index (χ1n) is 11.2. The van der Waals surface area contributed by atoms with Crippen LogP contribution in [0, 0.1) is 0 Å². The number of benzene rings is 3. The predicted molar refractivity (Wildman–Crippen MR) is 154 cm³/mol. The Morgan fingerprint density at radius 1 is 1.00 bits per heavy atom. The zero-order chi connectivity index (χ0) is 25.7. The van der Waals surface area contributed by atoms with Crippen LogP contribution in [0.4, 0.5) is 5.69 Å². The maximum Gasteiger partial charge on any atom is 0.270 e. The largest absolute Gasteiger partial charge is 0.494 e. The number of halogens is 2. The fourth-order valence-electron chi connectivity index (χ4n) is 3.51. The second kappa shape index (κ2) is 12.1. The number of thiocarbonyl (C=S) groups is 1. The summed E-state index contributed by atoms with van der Waals surface area (Å²) in [5, 5.41) is 0.673. The van der Waals surface area contributed by atoms with Crippen molar-refractivity contribution in [3.63, 3.8) is 0 Å². The van der Waals surface area contributed by atoms with Crippen molar-refractivity contribution in [3.05, 3.63) is 86.2 Å². The first-order chi connectivity index (χ1) is 17.4. The lowest BCUT2D eigenvalue weighted by atomic mass is 10.1. The van der Waals surface area contributed by atoms with Gasteiger partial charge in [0.15, 0.2) is 15.8 Å². The van der Waals surface area contributed by atoms with Crippen LogP contribution in [0.2, 0.25) is 5.02 Å². The number of thioether (sulfide) groups is 1. The Hall–Kier alpha value is -2.52. The third-order valence-electron chi connectivity index (χ3n) is 5.13. The van der Waals surface area contributed by atoms with Gasteiger partial charge in [-0.3, -0.25) is 9.69 Å². The van der Waals surface area contributed by atoms with Crippen molar-refractivity contribution in [3.8, 4) is 17.2 Å². The quantitative estimate of drug-likeness (QED) is 0.183. The van der Waals surface area contributed by atoms with Crippen molar-refractivity contribution < 1.29 is 19.0 Å². The summed E-state index contributed by atoms with van der Waals surface area (Å²) in [7, 11) is 0. The first-order valence-corrected chi connectivity index (χ1v) is 13.6. The van der Waals surface area contributed by atoms with Gasteiger partial charge in [-0.05, 0) is 95.5 Å². The van der Waals surface area contributed by atoms with Crippen LogP contribution >= 0.6 is 51.5 Å². The van der Waals surface area contributed by atoms with Gasteiger partial charge in [0, 0.05) is 5.02 Å². The molecule has 3 aromatic carbocycles. The molecule has 1 aliphatic heterocycles. The van der Waals surface area contributed by atoms with Crippen LogP contribution in [0.3, 0.4) is 0 Å². The minimum Gasteiger partial charge on any atom is -0.494 e. The van der Waals surface area contributed by atoms with Gasteiger partial charge in [-0.1, -0.05) is 47.7 Å². The van der Waals surface area contributed by atoms with E-state index in [1.165, 1.54) is 16.7 Å². The number of amides is 1. The summed E-state index contributed by atoms with van der Waals surface area (Å²) in [6, 6.07) is 18.5. The van der Waals surface area contributed by atoms with Crippen LogP contribution in [0.15, 0.2) is 70.0 Å². The molecule has 0 saturated carbocycles. The summed E-state index contributed by atoms with van der Waals surface area (Å²) in [4.78, 5) is 15.3. The number of hydrogen-bond acceptors (Lipinski definition) is 6. The predicted octanol–water partition coefficient (Wildman–Crippen LogP) is 7.88. The van der Waals surface area contributed by atoms with Crippen LogP contribution in [0.5, 0.6) is 17.2 Å². The highest BCUT2D eigenvalue weighted by Gasteiger charge is 2.33. The van der Waals surface area contributed by atoms with Gasteiger partial charge in [-0.15, -0.1) is 0 Å². The molecule has 4 rings (SSSR count). The van der Waals surface area contributed by atoms with Gasteiger partial charge in [0.1, 0.15) is 12.4 Å². The number of hydrogen-bond donors (Lipinski definition) is 0. The number of rotatable bonds is 9. The van der Waals surface area contributed by atoms with Crippen molar-refractivity contribution in [1.29, 1.82) is 0 Å². The Kier molecular flexibility index (Phi) is 8.95. The van der Waals surface area contributed by atoms with E-state index in [1.807, 2.05) is 80.6 Å². The molecule has 186 valence electrons. The Balaban J connectivity index is 1.56. The number of carbonyl (C=O) groups is 1. The van der Waals surface area contributed by atoms with Gasteiger partial charge in [0.2, 0.25) is 0 Å². The molecule has 0 aromatic heterocycles. The van der Waals surface area contributed by atoms with Gasteiger partial charge in [0.25, 0.3) is 5.91 Å². The topological polar surface area (TPSA) is 48.0 Å². The lowest BCUT2D eigenvalue weighted by Gasteiger charge is -2.15. The van der Waals surface area contributed by atoms with E-state index < -0.39 is 0 Å². The van der Waals surface area contributed by atoms with Crippen LogP contribution < -0.4 is 19.1 Å². The van der Waals surface area contributed by atoms with E-state index in [9.17, 15) is 4.79 Å². The molecular weight excluding hydrogens is 582 g/mol. The van der Waals surface area contributed by atoms with Crippen molar-refractivity contribution in [2.24, 2.45) is 0 Å². The second-order valence-corrected chi connectivity index (χ2v) is 10.6. The zero-order valence-corrected chi connectivity index (χ0v) is 23.6. The van der Waals surface area contributed by atoms with Crippen molar-refractivity contribution >= 4 is 73.5 Å². The normalized spacial score (nSPS) is 14.4. The van der Waals surface area contributed by atoms with Gasteiger partial charge < -0.3 is 14.2 Å². The van der Waals surface area contributed by atoms with E-state index in [0.29, 0.717) is 51.3 Å². The minimum absolute atomic E-state index is 0.175. The van der Waals surface area contributed by atoms with Crippen LogP contribution in [-0.4, -0.2) is 23.4 Å². The second-order valence-electron chi connectivity index (χ2n) is 7.62. The molecule has 0 unspecified atom stereocenters. The Labute approximate surface area is 233 Å². The van der Waals surface area contributed by atoms with E-state index in [-0.39, 0.29) is 5.91 Å². The Morgan fingerprint density at radius 3 is 2.36 bits per heavy atom. The van der Waals surface area contributed by atoms with Crippen LogP contribution in [0.1, 0.15) is 25.0 Å². The van der Waals surface area contributed by atoms with Crippen LogP contribution in [-0.2, 0) is 11.4 Å². The molecule has 1 saturated heterocycles. The molecule has 0 radical (unpaired) electrons. The van der Waals surface area contributed by atoms with Gasteiger partial charge in [-0.2, -0.15) is 0 Å². The van der Waals surface area contributed by atoms with Crippen molar-refractivity contribution in [2.45, 2.75) is 20.5 Å². The van der Waals surface area contributed by atoms with Gasteiger partial charge in [-0.25, -0.2) is 0 Å². The van der Waals surface area contributed by atoms with Crippen molar-refractivity contribution in [2.75, 3.05) is 18.1 Å². The molecule has 0 spiro atoms. The van der Waals surface area contributed by atoms with E-state index in [0.717, 1.165) is 21.3 Å². The first kappa shape index (κ1) is 26.5. The molecule has 1 aliphatic rings. The summed E-state index contributed by atoms with van der Waals surface area (Å²) >= 11 is 16.4. The molecule has 0 aliphatic carbocycles. The molecule has 1 amide bonds. The molecular formula is C27H23BrClNO4S2. The molecule has 0 bridgehead atoms. The van der Waals surface area contributed by atoms with Gasteiger partial charge in [0.05, 0.1) is 28.3 Å². The minimum atomic E-state index is -0.175. The number of carbonyl (C=O) groups excluding carboxylic acids is 1. The molecule has 9 heteroatoms. The fraction of sp³-hybridized carbons (Fsp3) is 0.185. The highest BCUT2D eigenvalue weighted by atomic mass is 79.9. The highest BCUT2D eigenvalue weighted by Crippen LogP contribution is 2.41. The lowest BCUT2D eigenvalue weighted by molar-refractivity contribution is -0.113. The summed E-state index contributed by atoms with van der Waals surface area (Å²) in [6.45, 7) is 5.23. The van der Waals surface area contributed by atoms with Crippen molar-refractivity contribution in [1.82, 2.24) is 0 Å². The number of nitrogens with zero attached hydrogens (tertiary/aromatic N) is 1. The van der Waals surface area contributed by atoms with E-state index >= 15 is 0 Å². The zero-order valence-electron chi connectivity index (χ0n) is 19.6. The molecule has 1 heterocycles.